The van der Waals surface area contributed by atoms with Crippen LogP contribution in [0.3, 0.4) is 0 Å². The first kappa shape index (κ1) is 20.8. The molecular formula is C21H32FNO3. The molecule has 0 heterocycles. The topological polar surface area (TPSA) is 49.8 Å². The number of methoxy groups -OCH3 is 1. The largest absolute Gasteiger partial charge is 0.469 e. The number of aryl methyl sites for hydroxylation is 1. The molecule has 0 bridgehead atoms. The summed E-state index contributed by atoms with van der Waals surface area (Å²) in [7, 11) is 3.41. The maximum atomic E-state index is 13.6. The number of halogens is 1. The first-order valence-corrected chi connectivity index (χ1v) is 9.53. The minimum atomic E-state index is -0.782. The monoisotopic (exact) mass is 365 g/mol. The highest BCUT2D eigenvalue weighted by molar-refractivity contribution is 5.69. The lowest BCUT2D eigenvalue weighted by Gasteiger charge is -2.44. The third-order valence-corrected chi connectivity index (χ3v) is 5.59. The number of carbonyl (C=O) groups is 1. The van der Waals surface area contributed by atoms with Crippen LogP contribution >= 0.6 is 0 Å². The average molecular weight is 365 g/mol. The van der Waals surface area contributed by atoms with Crippen LogP contribution in [-0.2, 0) is 16.0 Å². The van der Waals surface area contributed by atoms with Crippen molar-refractivity contribution in [2.75, 3.05) is 27.2 Å². The number of benzene rings is 1. The lowest BCUT2D eigenvalue weighted by Crippen LogP contribution is -2.45. The fraction of sp³-hybridized carbons (Fsp3) is 0.667. The summed E-state index contributed by atoms with van der Waals surface area (Å²) >= 11 is 0. The third-order valence-electron chi connectivity index (χ3n) is 5.59. The van der Waals surface area contributed by atoms with Gasteiger partial charge in [-0.15, -0.1) is 0 Å². The normalized spacial score (nSPS) is 22.5. The van der Waals surface area contributed by atoms with Gasteiger partial charge in [-0.1, -0.05) is 19.9 Å². The number of fused-ring (bicyclic) bond motifs is 1. The van der Waals surface area contributed by atoms with Gasteiger partial charge < -0.3 is 14.7 Å². The molecule has 0 amide bonds. The van der Waals surface area contributed by atoms with Crippen LogP contribution in [0.4, 0.5) is 4.39 Å². The number of hydrogen-bond donors (Lipinski definition) is 1. The van der Waals surface area contributed by atoms with Gasteiger partial charge in [-0.3, -0.25) is 4.79 Å². The fourth-order valence-corrected chi connectivity index (χ4v) is 4.24. The number of nitrogens with zero attached hydrogens (tertiary/aromatic N) is 1. The lowest BCUT2D eigenvalue weighted by atomic mass is 9.66. The van der Waals surface area contributed by atoms with Gasteiger partial charge in [0, 0.05) is 18.9 Å². The van der Waals surface area contributed by atoms with Crippen molar-refractivity contribution in [2.45, 2.75) is 57.5 Å². The van der Waals surface area contributed by atoms with Crippen LogP contribution in [-0.4, -0.2) is 48.8 Å². The standard InChI is InChI=1S/C21H32FNO3/c1-15(2)20-18-8-7-17(22)14-16(18)9-10-21(20,25)11-13-23(3)12-5-6-19(24)26-4/h7-8,14-15,20,25H,5-6,9-13H2,1-4H3/t20-,21-/m0/s1. The molecule has 26 heavy (non-hydrogen) atoms. The summed E-state index contributed by atoms with van der Waals surface area (Å²) in [6, 6.07) is 4.96. The molecule has 5 heteroatoms. The van der Waals surface area contributed by atoms with E-state index in [0.29, 0.717) is 25.7 Å². The van der Waals surface area contributed by atoms with Gasteiger partial charge >= 0.3 is 5.97 Å². The van der Waals surface area contributed by atoms with Crippen molar-refractivity contribution in [1.29, 1.82) is 0 Å². The minimum absolute atomic E-state index is 0.00955. The van der Waals surface area contributed by atoms with Crippen LogP contribution in [0.25, 0.3) is 0 Å². The molecule has 1 aliphatic carbocycles. The first-order chi connectivity index (χ1) is 12.3. The Labute approximate surface area is 156 Å². The highest BCUT2D eigenvalue weighted by atomic mass is 19.1. The zero-order valence-electron chi connectivity index (χ0n) is 16.4. The number of hydrogen-bond acceptors (Lipinski definition) is 4. The Morgan fingerprint density at radius 3 is 2.81 bits per heavy atom. The minimum Gasteiger partial charge on any atom is -0.469 e. The predicted octanol–water partition coefficient (Wildman–Crippen LogP) is 3.52. The SMILES string of the molecule is COC(=O)CCCN(C)CC[C@@]1(O)CCc2cc(F)ccc2[C@@H]1C(C)C. The summed E-state index contributed by atoms with van der Waals surface area (Å²) in [4.78, 5) is 13.4. The molecule has 2 rings (SSSR count). The second kappa shape index (κ2) is 8.96. The van der Waals surface area contributed by atoms with E-state index >= 15 is 0 Å². The summed E-state index contributed by atoms with van der Waals surface area (Å²) < 4.78 is 18.2. The van der Waals surface area contributed by atoms with Gasteiger partial charge in [0.15, 0.2) is 0 Å². The number of carbonyl (C=O) groups excluding carboxylic acids is 1. The van der Waals surface area contributed by atoms with E-state index in [1.165, 1.54) is 13.2 Å². The Morgan fingerprint density at radius 1 is 1.42 bits per heavy atom. The lowest BCUT2D eigenvalue weighted by molar-refractivity contribution is -0.140. The maximum Gasteiger partial charge on any atom is 0.305 e. The Kier molecular flexibility index (Phi) is 7.18. The van der Waals surface area contributed by atoms with E-state index < -0.39 is 5.60 Å². The third kappa shape index (κ3) is 5.04. The van der Waals surface area contributed by atoms with Gasteiger partial charge in [0.2, 0.25) is 0 Å². The van der Waals surface area contributed by atoms with Crippen molar-refractivity contribution in [3.63, 3.8) is 0 Å². The van der Waals surface area contributed by atoms with Crippen LogP contribution in [0.5, 0.6) is 0 Å². The predicted molar refractivity (Wildman–Crippen MR) is 101 cm³/mol. The number of ether oxygens (including phenoxy) is 1. The highest BCUT2D eigenvalue weighted by Crippen LogP contribution is 2.45. The summed E-state index contributed by atoms with van der Waals surface area (Å²) in [6.45, 7) is 5.79. The molecule has 0 aromatic heterocycles. The zero-order chi connectivity index (χ0) is 19.3. The van der Waals surface area contributed by atoms with Crippen molar-refractivity contribution < 1.29 is 19.0 Å². The quantitative estimate of drug-likeness (QED) is 0.716. The van der Waals surface area contributed by atoms with Crippen LogP contribution in [0, 0.1) is 11.7 Å². The molecule has 0 saturated carbocycles. The number of aliphatic hydroxyl groups is 1. The van der Waals surface area contributed by atoms with Gasteiger partial charge in [-0.25, -0.2) is 4.39 Å². The summed E-state index contributed by atoms with van der Waals surface area (Å²) in [5.74, 6) is -0.112. The molecule has 1 aromatic carbocycles. The van der Waals surface area contributed by atoms with Crippen LogP contribution in [0.1, 0.15) is 56.6 Å². The number of rotatable bonds is 8. The van der Waals surface area contributed by atoms with Gasteiger partial charge in [0.25, 0.3) is 0 Å². The van der Waals surface area contributed by atoms with E-state index in [1.807, 2.05) is 13.1 Å². The van der Waals surface area contributed by atoms with Crippen molar-refractivity contribution >= 4 is 5.97 Å². The van der Waals surface area contributed by atoms with Crippen molar-refractivity contribution in [3.8, 4) is 0 Å². The van der Waals surface area contributed by atoms with E-state index in [1.54, 1.807) is 6.07 Å². The van der Waals surface area contributed by atoms with Gasteiger partial charge in [0.05, 0.1) is 12.7 Å². The van der Waals surface area contributed by atoms with Crippen LogP contribution < -0.4 is 0 Å². The highest BCUT2D eigenvalue weighted by Gasteiger charge is 2.43. The smallest absolute Gasteiger partial charge is 0.305 e. The molecule has 2 atom stereocenters. The molecule has 0 aliphatic heterocycles. The van der Waals surface area contributed by atoms with Gasteiger partial charge in [-0.2, -0.15) is 0 Å². The van der Waals surface area contributed by atoms with Crippen molar-refractivity contribution in [2.24, 2.45) is 5.92 Å². The molecule has 0 saturated heterocycles. The Morgan fingerprint density at radius 2 is 2.15 bits per heavy atom. The van der Waals surface area contributed by atoms with Gasteiger partial charge in [-0.05, 0) is 68.5 Å². The van der Waals surface area contributed by atoms with E-state index in [2.05, 4.69) is 23.5 Å². The summed E-state index contributed by atoms with van der Waals surface area (Å²) in [6.07, 6.45) is 3.19. The Balaban J connectivity index is 2.00. The molecule has 0 fully saturated rings. The fourth-order valence-electron chi connectivity index (χ4n) is 4.24. The van der Waals surface area contributed by atoms with E-state index in [4.69, 9.17) is 0 Å². The van der Waals surface area contributed by atoms with Crippen molar-refractivity contribution in [1.82, 2.24) is 4.90 Å². The first-order valence-electron chi connectivity index (χ1n) is 9.53. The molecule has 4 nitrogen and oxygen atoms in total. The second-order valence-electron chi connectivity index (χ2n) is 7.90. The van der Waals surface area contributed by atoms with E-state index in [-0.39, 0.29) is 23.6 Å². The summed E-state index contributed by atoms with van der Waals surface area (Å²) in [5.41, 5.74) is 1.33. The zero-order valence-corrected chi connectivity index (χ0v) is 16.4. The maximum absolute atomic E-state index is 13.6. The van der Waals surface area contributed by atoms with E-state index in [9.17, 15) is 14.3 Å². The molecule has 146 valence electrons. The molecule has 1 aliphatic rings. The second-order valence-corrected chi connectivity index (χ2v) is 7.90. The molecule has 0 spiro atoms. The van der Waals surface area contributed by atoms with Gasteiger partial charge in [0.1, 0.15) is 5.82 Å². The summed E-state index contributed by atoms with van der Waals surface area (Å²) in [5, 5.41) is 11.4. The molecule has 1 aromatic rings. The molecule has 0 radical (unpaired) electrons. The van der Waals surface area contributed by atoms with Crippen LogP contribution in [0.15, 0.2) is 18.2 Å². The Bertz CT molecular complexity index is 619. The molecule has 0 unspecified atom stereocenters. The molecule has 1 N–H and O–H groups in total. The Hall–Kier alpha value is -1.46. The number of esters is 1. The molecular weight excluding hydrogens is 333 g/mol. The van der Waals surface area contributed by atoms with Crippen LogP contribution in [0.2, 0.25) is 0 Å². The average Bonchev–Trinajstić information content (AvgIpc) is 2.59. The van der Waals surface area contributed by atoms with Crippen molar-refractivity contribution in [3.05, 3.63) is 35.1 Å². The van der Waals surface area contributed by atoms with E-state index in [0.717, 1.165) is 30.6 Å².